The van der Waals surface area contributed by atoms with Crippen molar-refractivity contribution in [1.82, 2.24) is 58.7 Å². The molecule has 0 aliphatic rings. The molecule has 7 aromatic heterocycles. The summed E-state index contributed by atoms with van der Waals surface area (Å²) >= 11 is 8.50. The van der Waals surface area contributed by atoms with Gasteiger partial charge in [-0.15, -0.1) is 11.3 Å². The Kier molecular flexibility index (Phi) is 18.3. The lowest BCUT2D eigenvalue weighted by molar-refractivity contribution is -0.137. The van der Waals surface area contributed by atoms with Gasteiger partial charge in [-0.05, 0) is 78.5 Å². The van der Waals surface area contributed by atoms with Crippen LogP contribution in [0, 0.1) is 18.6 Å². The standard InChI is InChI=1S/C20H13F4N5O2S.C19H15BrN4OS.C17H12FN5O2S2/c21-14-7-2-1-6-13(14)18-26-15-9-16(30)28-29(15)19(27-18)32-10-17(31)25-12-5-3-4-11(8-12)20(22,23)24;1-12-2-6-14(7-3-12)18-21-16-10-17(25)23-24(16)19(22-18)26-11-13-4-8-15(20)9-5-13;18-10-4-1-2-5-11(10)19-15(25)9-27-17-21-16(12-6-3-7-26-12)20-13-8-14(24)22-23(13)17/h1-9H,10H2,(H,25,31)(H,28,30);2-10H,11H2,1H3,(H,23,25);1-8H,9H2,(H,19,25)(H,22,24). The van der Waals surface area contributed by atoms with Gasteiger partial charge in [0.05, 0.1) is 33.2 Å². The number of carbonyl (C=O) groups excluding carboxylic acids is 2. The molecule has 2 amide bonds. The third kappa shape index (κ3) is 15.0. The van der Waals surface area contributed by atoms with Gasteiger partial charge in [0.2, 0.25) is 11.8 Å². The van der Waals surface area contributed by atoms with Crippen molar-refractivity contribution in [2.75, 3.05) is 22.1 Å². The van der Waals surface area contributed by atoms with Crippen molar-refractivity contribution in [3.05, 3.63) is 221 Å². The van der Waals surface area contributed by atoms with Crippen molar-refractivity contribution in [3.8, 4) is 33.5 Å². The topological polar surface area (TPSA) is 247 Å². The van der Waals surface area contributed by atoms with Crippen LogP contribution in [0.4, 0.5) is 33.3 Å². The molecule has 0 unspecified atom stereocenters. The quantitative estimate of drug-likeness (QED) is 0.0502. The van der Waals surface area contributed by atoms with Crippen LogP contribution in [0.25, 0.3) is 50.4 Å². The van der Waals surface area contributed by atoms with Gasteiger partial charge in [0.1, 0.15) is 11.6 Å². The molecule has 430 valence electrons. The summed E-state index contributed by atoms with van der Waals surface area (Å²) in [6.45, 7) is 2.04. The Morgan fingerprint density at radius 3 is 1.71 bits per heavy atom. The van der Waals surface area contributed by atoms with Crippen molar-refractivity contribution in [2.45, 2.75) is 34.3 Å². The van der Waals surface area contributed by atoms with Gasteiger partial charge in [-0.2, -0.15) is 13.2 Å². The van der Waals surface area contributed by atoms with Crippen LogP contribution in [-0.4, -0.2) is 82.1 Å². The lowest BCUT2D eigenvalue weighted by Gasteiger charge is -2.10. The van der Waals surface area contributed by atoms with E-state index in [0.29, 0.717) is 33.3 Å². The number of para-hydroxylation sites is 1. The Bertz CT molecular complexity index is 4570. The van der Waals surface area contributed by atoms with Crippen molar-refractivity contribution < 1.29 is 31.5 Å². The second-order valence-electron chi connectivity index (χ2n) is 17.9. The van der Waals surface area contributed by atoms with Crippen molar-refractivity contribution in [1.29, 1.82) is 0 Å². The van der Waals surface area contributed by atoms with Gasteiger partial charge in [0.25, 0.3) is 16.7 Å². The number of nitrogens with one attached hydrogen (secondary N) is 5. The fraction of sp³-hybridized carbons (Fsp3) is 0.0893. The Morgan fingerprint density at radius 1 is 0.576 bits per heavy atom. The van der Waals surface area contributed by atoms with Crippen LogP contribution in [0.2, 0.25) is 0 Å². The van der Waals surface area contributed by atoms with Gasteiger partial charge in [-0.3, -0.25) is 39.3 Å². The zero-order valence-corrected chi connectivity index (χ0v) is 48.5. The van der Waals surface area contributed by atoms with E-state index in [9.17, 15) is 45.9 Å². The minimum atomic E-state index is -4.54. The van der Waals surface area contributed by atoms with Crippen LogP contribution in [0.3, 0.4) is 0 Å². The summed E-state index contributed by atoms with van der Waals surface area (Å²) in [5, 5.41) is 15.9. The highest BCUT2D eigenvalue weighted by atomic mass is 79.9. The van der Waals surface area contributed by atoms with E-state index < -0.39 is 34.8 Å². The first kappa shape index (κ1) is 59.1. The van der Waals surface area contributed by atoms with E-state index in [0.717, 1.165) is 56.3 Å². The second-order valence-corrected chi connectivity index (χ2v) is 22.6. The number of thiophene rings is 1. The fourth-order valence-electron chi connectivity index (χ4n) is 7.76. The summed E-state index contributed by atoms with van der Waals surface area (Å²) in [5.74, 6) is -0.447. The molecule has 12 rings (SSSR count). The summed E-state index contributed by atoms with van der Waals surface area (Å²) in [6, 6.07) is 40.0. The van der Waals surface area contributed by atoms with Crippen LogP contribution < -0.4 is 27.3 Å². The van der Waals surface area contributed by atoms with Crippen molar-refractivity contribution >= 4 is 103 Å². The smallest absolute Gasteiger partial charge is 0.325 e. The van der Waals surface area contributed by atoms with E-state index in [1.54, 1.807) is 34.5 Å². The van der Waals surface area contributed by atoms with E-state index >= 15 is 0 Å². The number of hydrogen-bond acceptors (Lipinski definition) is 15. The molecule has 0 saturated heterocycles. The van der Waals surface area contributed by atoms with Gasteiger partial charge in [-0.1, -0.05) is 130 Å². The molecule has 0 aliphatic carbocycles. The normalized spacial score (nSPS) is 11.3. The monoisotopic (exact) mass is 1290 g/mol. The van der Waals surface area contributed by atoms with Gasteiger partial charge >= 0.3 is 6.18 Å². The number of carbonyl (C=O) groups is 2. The van der Waals surface area contributed by atoms with Gasteiger partial charge in [0, 0.05) is 39.7 Å². The Morgan fingerprint density at radius 2 is 1.12 bits per heavy atom. The molecule has 19 nitrogen and oxygen atoms in total. The largest absolute Gasteiger partial charge is 0.416 e. The molecule has 0 radical (unpaired) electrons. The number of amides is 2. The fourth-order valence-corrected chi connectivity index (χ4v) is 11.1. The average molecular weight is 1290 g/mol. The molecule has 29 heteroatoms. The number of fused-ring (bicyclic) bond motifs is 3. The predicted molar refractivity (Wildman–Crippen MR) is 320 cm³/mol. The number of nitrogens with zero attached hydrogens (tertiary/aromatic N) is 9. The van der Waals surface area contributed by atoms with Gasteiger partial charge < -0.3 is 10.6 Å². The van der Waals surface area contributed by atoms with Crippen molar-refractivity contribution in [3.63, 3.8) is 0 Å². The average Bonchev–Trinajstić information content (AvgIpc) is 4.12. The Balaban J connectivity index is 0.000000143. The van der Waals surface area contributed by atoms with E-state index in [2.05, 4.69) is 83.9 Å². The van der Waals surface area contributed by atoms with E-state index in [4.69, 9.17) is 0 Å². The molecule has 0 spiro atoms. The van der Waals surface area contributed by atoms with Gasteiger partial charge in [0.15, 0.2) is 49.9 Å². The van der Waals surface area contributed by atoms with E-state index in [1.165, 1.54) is 92.2 Å². The third-order valence-corrected chi connectivity index (χ3v) is 16.0. The lowest BCUT2D eigenvalue weighted by atomic mass is 10.1. The number of H-pyrrole nitrogens is 3. The molecular formula is C56H40BrF5N14O5S4. The predicted octanol–water partition coefficient (Wildman–Crippen LogP) is 11.4. The van der Waals surface area contributed by atoms with Crippen LogP contribution in [0.5, 0.6) is 0 Å². The molecule has 0 fully saturated rings. The lowest BCUT2D eigenvalue weighted by Crippen LogP contribution is -2.16. The van der Waals surface area contributed by atoms with Crippen LogP contribution in [0.15, 0.2) is 191 Å². The molecule has 7 heterocycles. The first-order valence-electron chi connectivity index (χ1n) is 24.9. The second kappa shape index (κ2) is 26.3. The number of aryl methyl sites for hydroxylation is 1. The highest BCUT2D eigenvalue weighted by Crippen LogP contribution is 2.32. The minimum absolute atomic E-state index is 0.00939. The zero-order valence-electron chi connectivity index (χ0n) is 43.6. The van der Waals surface area contributed by atoms with Crippen molar-refractivity contribution in [2.24, 2.45) is 0 Å². The number of alkyl halides is 3. The van der Waals surface area contributed by atoms with E-state index in [1.807, 2.05) is 60.8 Å². The molecule has 0 bridgehead atoms. The van der Waals surface area contributed by atoms with Gasteiger partial charge in [-0.25, -0.2) is 52.2 Å². The molecule has 0 aliphatic heterocycles. The minimum Gasteiger partial charge on any atom is -0.325 e. The zero-order chi connectivity index (χ0) is 59.8. The number of aromatic nitrogens is 12. The Labute approximate surface area is 500 Å². The van der Waals surface area contributed by atoms with Crippen LogP contribution in [0.1, 0.15) is 16.7 Å². The maximum atomic E-state index is 14.2. The molecule has 5 N–H and O–H groups in total. The number of hydrogen-bond donors (Lipinski definition) is 5. The number of rotatable bonds is 14. The highest BCUT2D eigenvalue weighted by Gasteiger charge is 2.30. The molecule has 12 aromatic rings. The third-order valence-electron chi connectivity index (χ3n) is 11.7. The summed E-state index contributed by atoms with van der Waals surface area (Å²) in [5.41, 5.74) is 2.78. The Hall–Kier alpha value is -9.03. The van der Waals surface area contributed by atoms with E-state index in [-0.39, 0.29) is 62.1 Å². The van der Waals surface area contributed by atoms with Crippen LogP contribution >= 0.6 is 62.6 Å². The summed E-state index contributed by atoms with van der Waals surface area (Å²) in [6.07, 6.45) is -4.54. The molecule has 5 aromatic carbocycles. The SMILES string of the molecule is Cc1ccc(-c2nc(SCc3ccc(Br)cc3)n3[nH]c(=O)cc3n2)cc1.O=C(CSc1nc(-c2ccccc2F)nc2cc(=O)[nH]n12)Nc1cccc(C(F)(F)F)c1.O=C(CSc1nc(-c2cccs2)nc2cc(=O)[nH]n12)Nc1ccccc1F. The number of thioether (sulfide) groups is 3. The number of anilines is 2. The maximum absolute atomic E-state index is 14.2. The number of benzene rings is 5. The summed E-state index contributed by atoms with van der Waals surface area (Å²) < 4.78 is 71.7. The summed E-state index contributed by atoms with van der Waals surface area (Å²) in [4.78, 5) is 87.0. The maximum Gasteiger partial charge on any atom is 0.416 e. The highest BCUT2D eigenvalue weighted by molar-refractivity contribution is 9.10. The molecule has 0 saturated carbocycles. The molecule has 85 heavy (non-hydrogen) atoms. The summed E-state index contributed by atoms with van der Waals surface area (Å²) in [7, 11) is 0. The molecule has 0 atom stereocenters. The number of halogens is 6. The first-order chi connectivity index (χ1) is 40.9. The number of aromatic amines is 3. The molecular weight excluding hydrogens is 1250 g/mol. The van der Waals surface area contributed by atoms with Crippen LogP contribution in [-0.2, 0) is 21.5 Å². The first-order valence-corrected chi connectivity index (χ1v) is 29.5.